The van der Waals surface area contributed by atoms with Crippen molar-refractivity contribution in [1.82, 2.24) is 15.3 Å². The van der Waals surface area contributed by atoms with Crippen LogP contribution in [0.5, 0.6) is 17.2 Å². The minimum Gasteiger partial charge on any atom is -0.501 e. The number of aryl methyl sites for hydroxylation is 2. The van der Waals surface area contributed by atoms with Crippen molar-refractivity contribution in [2.45, 2.75) is 19.4 Å². The van der Waals surface area contributed by atoms with Crippen molar-refractivity contribution in [3.8, 4) is 17.2 Å². The Morgan fingerprint density at radius 3 is 2.53 bits per heavy atom. The van der Waals surface area contributed by atoms with Crippen LogP contribution < -0.4 is 20.3 Å². The van der Waals surface area contributed by atoms with Crippen LogP contribution in [-0.4, -0.2) is 35.2 Å². The molecule has 3 aromatic rings. The Kier molecular flexibility index (Phi) is 6.69. The molecule has 0 aliphatic carbocycles. The second-order valence-electron chi connectivity index (χ2n) is 6.53. The van der Waals surface area contributed by atoms with Crippen molar-refractivity contribution in [2.75, 3.05) is 14.2 Å². The number of methoxy groups -OCH3 is 2. The fourth-order valence-electron chi connectivity index (χ4n) is 3.05. The second-order valence-corrected chi connectivity index (χ2v) is 6.53. The Balaban J connectivity index is 1.75. The molecule has 3 rings (SSSR count). The van der Waals surface area contributed by atoms with Gasteiger partial charge in [-0.05, 0) is 18.1 Å². The number of hydrogen-bond donors (Lipinski definition) is 3. The molecular formula is C22H23N3O5. The molecule has 1 heterocycles. The van der Waals surface area contributed by atoms with Gasteiger partial charge in [0.25, 0.3) is 11.5 Å². The van der Waals surface area contributed by atoms with Gasteiger partial charge in [0.1, 0.15) is 5.82 Å². The predicted molar refractivity (Wildman–Crippen MR) is 111 cm³/mol. The molecule has 0 aliphatic heterocycles. The third-order valence-corrected chi connectivity index (χ3v) is 4.58. The fraction of sp³-hybridized carbons (Fsp3) is 0.227. The molecule has 8 heteroatoms. The molecule has 0 bridgehead atoms. The topological polar surface area (TPSA) is 114 Å². The Morgan fingerprint density at radius 2 is 1.83 bits per heavy atom. The van der Waals surface area contributed by atoms with Crippen LogP contribution in [0.3, 0.4) is 0 Å². The van der Waals surface area contributed by atoms with Gasteiger partial charge >= 0.3 is 0 Å². The smallest absolute Gasteiger partial charge is 0.293 e. The number of carbonyl (C=O) groups excluding carboxylic acids is 1. The standard InChI is InChI=1S/C22H23N3O5/c1-29-16-10-6-9-15(20(16)30-2)13-23-21(27)18-19(26)22(28)25-17(24-18)12-11-14-7-4-3-5-8-14/h3-10,26H,11-13H2,1-2H3,(H,23,27)(H,24,25,28). The summed E-state index contributed by atoms with van der Waals surface area (Å²) in [6.45, 7) is 0.104. The van der Waals surface area contributed by atoms with E-state index in [1.165, 1.54) is 14.2 Å². The highest BCUT2D eigenvalue weighted by molar-refractivity contribution is 5.94. The van der Waals surface area contributed by atoms with Crippen LogP contribution in [0.1, 0.15) is 27.4 Å². The van der Waals surface area contributed by atoms with Gasteiger partial charge in [0.15, 0.2) is 17.2 Å². The highest BCUT2D eigenvalue weighted by Gasteiger charge is 2.19. The van der Waals surface area contributed by atoms with Gasteiger partial charge in [0.2, 0.25) is 5.75 Å². The Labute approximate surface area is 173 Å². The van der Waals surface area contributed by atoms with Gasteiger partial charge in [0.05, 0.1) is 14.2 Å². The van der Waals surface area contributed by atoms with E-state index < -0.39 is 17.2 Å². The van der Waals surface area contributed by atoms with Gasteiger partial charge in [-0.3, -0.25) is 9.59 Å². The lowest BCUT2D eigenvalue weighted by atomic mass is 10.1. The Morgan fingerprint density at radius 1 is 1.07 bits per heavy atom. The summed E-state index contributed by atoms with van der Waals surface area (Å²) >= 11 is 0. The molecule has 0 fully saturated rings. The van der Waals surface area contributed by atoms with E-state index in [4.69, 9.17) is 9.47 Å². The summed E-state index contributed by atoms with van der Waals surface area (Å²) in [6, 6.07) is 15.0. The van der Waals surface area contributed by atoms with E-state index in [1.807, 2.05) is 30.3 Å². The van der Waals surface area contributed by atoms with Crippen molar-refractivity contribution >= 4 is 5.91 Å². The number of nitrogens with zero attached hydrogens (tertiary/aromatic N) is 1. The summed E-state index contributed by atoms with van der Waals surface area (Å²) in [4.78, 5) is 31.4. The van der Waals surface area contributed by atoms with E-state index in [9.17, 15) is 14.7 Å². The van der Waals surface area contributed by atoms with Crippen molar-refractivity contribution in [3.05, 3.63) is 81.5 Å². The molecule has 30 heavy (non-hydrogen) atoms. The first kappa shape index (κ1) is 20.9. The highest BCUT2D eigenvalue weighted by atomic mass is 16.5. The number of nitrogens with one attached hydrogen (secondary N) is 2. The average Bonchev–Trinajstić information content (AvgIpc) is 2.78. The molecule has 0 saturated heterocycles. The number of H-pyrrole nitrogens is 1. The summed E-state index contributed by atoms with van der Waals surface area (Å²) in [5.41, 5.74) is 0.684. The van der Waals surface area contributed by atoms with Crippen LogP contribution >= 0.6 is 0 Å². The van der Waals surface area contributed by atoms with Crippen LogP contribution in [0.2, 0.25) is 0 Å². The number of hydrogen-bond acceptors (Lipinski definition) is 6. The van der Waals surface area contributed by atoms with Crippen LogP contribution in [0.4, 0.5) is 0 Å². The summed E-state index contributed by atoms with van der Waals surface area (Å²) in [5.74, 6) is -0.0275. The molecule has 0 atom stereocenters. The highest BCUT2D eigenvalue weighted by Crippen LogP contribution is 2.30. The van der Waals surface area contributed by atoms with E-state index in [0.717, 1.165) is 5.56 Å². The van der Waals surface area contributed by atoms with Crippen LogP contribution in [0, 0.1) is 0 Å². The molecular weight excluding hydrogens is 386 g/mol. The lowest BCUT2D eigenvalue weighted by Crippen LogP contribution is -2.27. The fourth-order valence-corrected chi connectivity index (χ4v) is 3.05. The number of para-hydroxylation sites is 1. The predicted octanol–water partition coefficient (Wildman–Crippen LogP) is 2.21. The second kappa shape index (κ2) is 9.60. The van der Waals surface area contributed by atoms with Gasteiger partial charge in [-0.25, -0.2) is 4.98 Å². The maximum atomic E-state index is 12.6. The first-order valence-electron chi connectivity index (χ1n) is 9.37. The zero-order chi connectivity index (χ0) is 21.5. The van der Waals surface area contributed by atoms with Gasteiger partial charge in [0, 0.05) is 18.5 Å². The van der Waals surface area contributed by atoms with Gasteiger partial charge in [-0.1, -0.05) is 42.5 Å². The number of carbonyl (C=O) groups is 1. The lowest BCUT2D eigenvalue weighted by molar-refractivity contribution is 0.0941. The lowest BCUT2D eigenvalue weighted by Gasteiger charge is -2.13. The largest absolute Gasteiger partial charge is 0.501 e. The molecule has 0 radical (unpaired) electrons. The summed E-state index contributed by atoms with van der Waals surface area (Å²) in [5, 5.41) is 12.7. The Hall–Kier alpha value is -3.81. The van der Waals surface area contributed by atoms with Crippen molar-refractivity contribution in [2.24, 2.45) is 0 Å². The summed E-state index contributed by atoms with van der Waals surface area (Å²) in [7, 11) is 3.03. The third kappa shape index (κ3) is 4.78. The molecule has 3 N–H and O–H groups in total. The first-order chi connectivity index (χ1) is 14.5. The number of benzene rings is 2. The number of aromatic nitrogens is 2. The molecule has 0 unspecified atom stereocenters. The molecule has 1 aromatic heterocycles. The molecule has 0 aliphatic rings. The zero-order valence-electron chi connectivity index (χ0n) is 16.8. The van der Waals surface area contributed by atoms with Gasteiger partial charge < -0.3 is 24.9 Å². The molecule has 0 saturated carbocycles. The molecule has 156 valence electrons. The monoisotopic (exact) mass is 409 g/mol. The van der Waals surface area contributed by atoms with Crippen molar-refractivity contribution in [1.29, 1.82) is 0 Å². The minimum absolute atomic E-state index is 0.104. The molecule has 0 spiro atoms. The third-order valence-electron chi connectivity index (χ3n) is 4.58. The average molecular weight is 409 g/mol. The van der Waals surface area contributed by atoms with Crippen LogP contribution in [-0.2, 0) is 19.4 Å². The Bertz CT molecular complexity index is 1080. The molecule has 1 amide bonds. The van der Waals surface area contributed by atoms with Crippen LogP contribution in [0.15, 0.2) is 53.3 Å². The maximum absolute atomic E-state index is 12.6. The summed E-state index contributed by atoms with van der Waals surface area (Å²) < 4.78 is 10.6. The minimum atomic E-state index is -0.753. The summed E-state index contributed by atoms with van der Waals surface area (Å²) in [6.07, 6.45) is 1.06. The SMILES string of the molecule is COc1cccc(CNC(=O)c2nc(CCc3ccccc3)[nH]c(=O)c2O)c1OC. The van der Waals surface area contributed by atoms with E-state index in [1.54, 1.807) is 18.2 Å². The number of rotatable bonds is 8. The molecule has 8 nitrogen and oxygen atoms in total. The van der Waals surface area contributed by atoms with Gasteiger partial charge in [-0.15, -0.1) is 0 Å². The van der Waals surface area contributed by atoms with E-state index in [2.05, 4.69) is 15.3 Å². The normalized spacial score (nSPS) is 10.5. The van der Waals surface area contributed by atoms with E-state index >= 15 is 0 Å². The molecule has 2 aromatic carbocycles. The quantitative estimate of drug-likeness (QED) is 0.526. The van der Waals surface area contributed by atoms with E-state index in [0.29, 0.717) is 35.7 Å². The number of aromatic hydroxyl groups is 1. The number of aromatic amines is 1. The van der Waals surface area contributed by atoms with Crippen LogP contribution in [0.25, 0.3) is 0 Å². The van der Waals surface area contributed by atoms with E-state index in [-0.39, 0.29) is 12.2 Å². The zero-order valence-corrected chi connectivity index (χ0v) is 16.8. The first-order valence-corrected chi connectivity index (χ1v) is 9.37. The van der Waals surface area contributed by atoms with Crippen molar-refractivity contribution < 1.29 is 19.4 Å². The maximum Gasteiger partial charge on any atom is 0.293 e. The van der Waals surface area contributed by atoms with Crippen molar-refractivity contribution in [3.63, 3.8) is 0 Å². The number of ether oxygens (including phenoxy) is 2. The number of amides is 1. The van der Waals surface area contributed by atoms with Gasteiger partial charge in [-0.2, -0.15) is 0 Å².